The van der Waals surface area contributed by atoms with Crippen LogP contribution in [0.5, 0.6) is 5.75 Å². The molecule has 2 aromatic carbocycles. The molecule has 0 unspecified atom stereocenters. The maximum absolute atomic E-state index is 12.5. The maximum atomic E-state index is 12.5. The van der Waals surface area contributed by atoms with E-state index in [2.05, 4.69) is 15.0 Å². The van der Waals surface area contributed by atoms with E-state index in [1.165, 1.54) is 6.07 Å². The number of H-pyrrole nitrogens is 1. The first-order valence-corrected chi connectivity index (χ1v) is 7.44. The second-order valence-electron chi connectivity index (χ2n) is 5.34. The van der Waals surface area contributed by atoms with Crippen LogP contribution >= 0.6 is 0 Å². The molecule has 0 saturated carbocycles. The number of benzene rings is 2. The van der Waals surface area contributed by atoms with E-state index < -0.39 is 6.61 Å². The van der Waals surface area contributed by atoms with Crippen LogP contribution in [-0.4, -0.2) is 17.5 Å². The van der Waals surface area contributed by atoms with E-state index in [1.54, 1.807) is 18.2 Å². The second-order valence-corrected chi connectivity index (χ2v) is 5.34. The molecule has 3 rings (SSSR count). The van der Waals surface area contributed by atoms with Gasteiger partial charge in [-0.3, -0.25) is 4.79 Å². The Balaban J connectivity index is 1.80. The molecule has 0 radical (unpaired) electrons. The van der Waals surface area contributed by atoms with E-state index in [0.29, 0.717) is 11.1 Å². The van der Waals surface area contributed by atoms with E-state index in [9.17, 15) is 13.6 Å². The van der Waals surface area contributed by atoms with Gasteiger partial charge in [0.1, 0.15) is 5.75 Å². The third-order valence-electron chi connectivity index (χ3n) is 3.75. The molecule has 0 saturated heterocycles. The van der Waals surface area contributed by atoms with Gasteiger partial charge in [-0.05, 0) is 19.1 Å². The van der Waals surface area contributed by atoms with Crippen LogP contribution in [0.25, 0.3) is 10.9 Å². The lowest BCUT2D eigenvalue weighted by Crippen LogP contribution is -2.23. The fourth-order valence-corrected chi connectivity index (χ4v) is 2.69. The molecule has 1 aromatic heterocycles. The normalized spacial score (nSPS) is 11.0. The number of aromatic nitrogens is 1. The molecule has 0 atom stereocenters. The molecule has 24 heavy (non-hydrogen) atoms. The Morgan fingerprint density at radius 1 is 1.17 bits per heavy atom. The van der Waals surface area contributed by atoms with Crippen molar-refractivity contribution in [2.24, 2.45) is 0 Å². The summed E-state index contributed by atoms with van der Waals surface area (Å²) in [5.74, 6) is -0.208. The maximum Gasteiger partial charge on any atom is 0.387 e. The second kappa shape index (κ2) is 6.70. The number of nitrogens with one attached hydrogen (secondary N) is 2. The Bertz CT molecular complexity index is 874. The average molecular weight is 330 g/mol. The van der Waals surface area contributed by atoms with Crippen molar-refractivity contribution < 1.29 is 18.3 Å². The van der Waals surface area contributed by atoms with Gasteiger partial charge >= 0.3 is 6.61 Å². The lowest BCUT2D eigenvalue weighted by Gasteiger charge is -2.11. The minimum atomic E-state index is -2.90. The molecule has 124 valence electrons. The van der Waals surface area contributed by atoms with Crippen molar-refractivity contribution in [1.29, 1.82) is 0 Å². The standard InChI is InChI=1S/C18H16F2N2O2/c1-11-16(13-7-3-4-8-14(13)22-11)17(23)21-10-12-6-2-5-9-15(12)24-18(19)20/h2-9,18,22H,10H2,1H3,(H,21,23). The molecule has 0 fully saturated rings. The summed E-state index contributed by atoms with van der Waals surface area (Å²) in [7, 11) is 0. The summed E-state index contributed by atoms with van der Waals surface area (Å²) in [5, 5.41) is 3.59. The molecular formula is C18H16F2N2O2. The molecule has 1 amide bonds. The highest BCUT2D eigenvalue weighted by atomic mass is 19.3. The lowest BCUT2D eigenvalue weighted by molar-refractivity contribution is -0.0504. The van der Waals surface area contributed by atoms with Crippen molar-refractivity contribution in [3.05, 3.63) is 65.4 Å². The number of carbonyl (C=O) groups excluding carboxylic acids is 1. The predicted octanol–water partition coefficient (Wildman–Crippen LogP) is 4.01. The first kappa shape index (κ1) is 16.0. The number of fused-ring (bicyclic) bond motifs is 1. The third kappa shape index (κ3) is 3.22. The molecule has 6 heteroatoms. The number of rotatable bonds is 5. The Labute approximate surface area is 137 Å². The molecule has 0 bridgehead atoms. The van der Waals surface area contributed by atoms with Gasteiger partial charge in [0.15, 0.2) is 0 Å². The van der Waals surface area contributed by atoms with Crippen molar-refractivity contribution in [3.8, 4) is 5.75 Å². The molecule has 0 spiro atoms. The van der Waals surface area contributed by atoms with Crippen molar-refractivity contribution >= 4 is 16.8 Å². The highest BCUT2D eigenvalue weighted by molar-refractivity contribution is 6.08. The molecule has 0 aliphatic heterocycles. The smallest absolute Gasteiger partial charge is 0.387 e. The Hall–Kier alpha value is -2.89. The number of ether oxygens (including phenoxy) is 1. The largest absolute Gasteiger partial charge is 0.434 e. The Morgan fingerprint density at radius 2 is 1.88 bits per heavy atom. The highest BCUT2D eigenvalue weighted by Crippen LogP contribution is 2.23. The number of alkyl halides is 2. The van der Waals surface area contributed by atoms with Gasteiger partial charge in [-0.2, -0.15) is 8.78 Å². The molecule has 0 aliphatic carbocycles. The van der Waals surface area contributed by atoms with Crippen molar-refractivity contribution in [2.45, 2.75) is 20.1 Å². The van der Waals surface area contributed by atoms with Crippen LogP contribution in [0.3, 0.4) is 0 Å². The van der Waals surface area contributed by atoms with Gasteiger partial charge in [0, 0.05) is 28.7 Å². The van der Waals surface area contributed by atoms with Crippen LogP contribution in [0.1, 0.15) is 21.6 Å². The molecule has 2 N–H and O–H groups in total. The van der Waals surface area contributed by atoms with E-state index >= 15 is 0 Å². The van der Waals surface area contributed by atoms with Crippen LogP contribution in [0.2, 0.25) is 0 Å². The SMILES string of the molecule is Cc1[nH]c2ccccc2c1C(=O)NCc1ccccc1OC(F)F. The molecule has 3 aromatic rings. The summed E-state index contributed by atoms with van der Waals surface area (Å²) in [5.41, 5.74) is 2.67. The van der Waals surface area contributed by atoms with Crippen molar-refractivity contribution in [3.63, 3.8) is 0 Å². The zero-order chi connectivity index (χ0) is 17.1. The van der Waals surface area contributed by atoms with Crippen molar-refractivity contribution in [2.75, 3.05) is 0 Å². The van der Waals surface area contributed by atoms with Gasteiger partial charge < -0.3 is 15.0 Å². The first-order valence-electron chi connectivity index (χ1n) is 7.44. The molecule has 4 nitrogen and oxygen atoms in total. The van der Waals surface area contributed by atoms with Crippen LogP contribution in [0.4, 0.5) is 8.78 Å². The zero-order valence-electron chi connectivity index (χ0n) is 13.0. The Kier molecular flexibility index (Phi) is 4.46. The number of hydrogen-bond acceptors (Lipinski definition) is 2. The minimum absolute atomic E-state index is 0.0587. The number of para-hydroxylation sites is 2. The number of carbonyl (C=O) groups is 1. The van der Waals surface area contributed by atoms with E-state index in [4.69, 9.17) is 0 Å². The number of halogens is 2. The fourth-order valence-electron chi connectivity index (χ4n) is 2.69. The van der Waals surface area contributed by atoms with Gasteiger partial charge in [-0.1, -0.05) is 36.4 Å². The highest BCUT2D eigenvalue weighted by Gasteiger charge is 2.16. The summed E-state index contributed by atoms with van der Waals surface area (Å²) in [6, 6.07) is 13.9. The number of aryl methyl sites for hydroxylation is 1. The first-order chi connectivity index (χ1) is 11.6. The van der Waals surface area contributed by atoms with E-state index in [0.717, 1.165) is 16.6 Å². The summed E-state index contributed by atoms with van der Waals surface area (Å²) < 4.78 is 29.3. The number of amides is 1. The molecule has 0 aliphatic rings. The summed E-state index contributed by atoms with van der Waals surface area (Å²) in [4.78, 5) is 15.7. The summed E-state index contributed by atoms with van der Waals surface area (Å²) in [6.07, 6.45) is 0. The average Bonchev–Trinajstić information content (AvgIpc) is 2.89. The van der Waals surface area contributed by atoms with Gasteiger partial charge in [-0.25, -0.2) is 0 Å². The summed E-state index contributed by atoms with van der Waals surface area (Å²) in [6.45, 7) is -0.985. The fraction of sp³-hybridized carbons (Fsp3) is 0.167. The number of hydrogen-bond donors (Lipinski definition) is 2. The van der Waals surface area contributed by atoms with Gasteiger partial charge in [0.05, 0.1) is 5.56 Å². The predicted molar refractivity (Wildman–Crippen MR) is 87.3 cm³/mol. The van der Waals surface area contributed by atoms with Gasteiger partial charge in [-0.15, -0.1) is 0 Å². The minimum Gasteiger partial charge on any atom is -0.434 e. The molecular weight excluding hydrogens is 314 g/mol. The van der Waals surface area contributed by atoms with Crippen molar-refractivity contribution in [1.82, 2.24) is 10.3 Å². The van der Waals surface area contributed by atoms with Gasteiger partial charge in [0.2, 0.25) is 0 Å². The zero-order valence-corrected chi connectivity index (χ0v) is 13.0. The quantitative estimate of drug-likeness (QED) is 0.743. The third-order valence-corrected chi connectivity index (χ3v) is 3.75. The topological polar surface area (TPSA) is 54.1 Å². The van der Waals surface area contributed by atoms with Gasteiger partial charge in [0.25, 0.3) is 5.91 Å². The van der Waals surface area contributed by atoms with Crippen LogP contribution in [0.15, 0.2) is 48.5 Å². The van der Waals surface area contributed by atoms with Crippen LogP contribution < -0.4 is 10.1 Å². The number of aromatic amines is 1. The van der Waals surface area contributed by atoms with Crippen LogP contribution in [0, 0.1) is 6.92 Å². The lowest BCUT2D eigenvalue weighted by atomic mass is 10.1. The summed E-state index contributed by atoms with van der Waals surface area (Å²) >= 11 is 0. The van der Waals surface area contributed by atoms with E-state index in [-0.39, 0.29) is 18.2 Å². The molecule has 1 heterocycles. The van der Waals surface area contributed by atoms with E-state index in [1.807, 2.05) is 31.2 Å². The monoisotopic (exact) mass is 330 g/mol. The Morgan fingerprint density at radius 3 is 2.67 bits per heavy atom. The van der Waals surface area contributed by atoms with Crippen LogP contribution in [-0.2, 0) is 6.54 Å².